The van der Waals surface area contributed by atoms with Crippen molar-refractivity contribution in [3.63, 3.8) is 0 Å². The van der Waals surface area contributed by atoms with Gasteiger partial charge < -0.3 is 4.42 Å². The van der Waals surface area contributed by atoms with Crippen LogP contribution in [-0.2, 0) is 6.42 Å². The van der Waals surface area contributed by atoms with Crippen molar-refractivity contribution < 1.29 is 4.42 Å². The largest absolute Gasteiger partial charge is 0.472 e. The molecule has 1 aromatic rings. The van der Waals surface area contributed by atoms with E-state index in [2.05, 4.69) is 20.8 Å². The Morgan fingerprint density at radius 2 is 2.10 bits per heavy atom. The van der Waals surface area contributed by atoms with E-state index in [0.29, 0.717) is 0 Å². The number of rotatable bonds is 2. The topological polar surface area (TPSA) is 13.1 Å². The molecular weight excluding hydrogens is 124 g/mol. The van der Waals surface area contributed by atoms with Crippen LogP contribution in [-0.4, -0.2) is 0 Å². The van der Waals surface area contributed by atoms with Gasteiger partial charge in [-0.15, -0.1) is 0 Å². The van der Waals surface area contributed by atoms with Crippen molar-refractivity contribution in [3.8, 4) is 0 Å². The minimum absolute atomic E-state index is 0.719. The van der Waals surface area contributed by atoms with Gasteiger partial charge in [-0.2, -0.15) is 0 Å². The van der Waals surface area contributed by atoms with Gasteiger partial charge in [-0.05, 0) is 30.4 Å². The lowest BCUT2D eigenvalue weighted by Crippen LogP contribution is -1.93. The van der Waals surface area contributed by atoms with Crippen LogP contribution < -0.4 is 0 Å². The average molecular weight is 138 g/mol. The Hall–Kier alpha value is -0.720. The van der Waals surface area contributed by atoms with Gasteiger partial charge in [-0.25, -0.2) is 0 Å². The van der Waals surface area contributed by atoms with Gasteiger partial charge in [0.1, 0.15) is 0 Å². The Labute approximate surface area is 62.1 Å². The second-order valence-corrected chi connectivity index (χ2v) is 3.18. The van der Waals surface area contributed by atoms with Gasteiger partial charge in [0.25, 0.3) is 0 Å². The van der Waals surface area contributed by atoms with E-state index >= 15 is 0 Å². The third-order valence-electron chi connectivity index (χ3n) is 1.59. The van der Waals surface area contributed by atoms with Gasteiger partial charge in [0, 0.05) is 0 Å². The highest BCUT2D eigenvalue weighted by atomic mass is 16.3. The molecule has 56 valence electrons. The Kier molecular flexibility index (Phi) is 2.15. The van der Waals surface area contributed by atoms with Crippen LogP contribution in [0, 0.1) is 12.8 Å². The van der Waals surface area contributed by atoms with Gasteiger partial charge >= 0.3 is 0 Å². The van der Waals surface area contributed by atoms with Gasteiger partial charge in [0.2, 0.25) is 0 Å². The molecule has 0 atom stereocenters. The number of furan rings is 1. The summed E-state index contributed by atoms with van der Waals surface area (Å²) in [6.45, 7) is 6.51. The van der Waals surface area contributed by atoms with E-state index < -0.39 is 0 Å². The maximum absolute atomic E-state index is 5.05. The zero-order valence-corrected chi connectivity index (χ0v) is 6.85. The molecule has 0 spiro atoms. The molecule has 0 fully saturated rings. The smallest absolute Gasteiger partial charge is 0.0937 e. The van der Waals surface area contributed by atoms with Crippen LogP contribution in [0.5, 0.6) is 0 Å². The summed E-state index contributed by atoms with van der Waals surface area (Å²) in [6, 6.07) is 0. The van der Waals surface area contributed by atoms with Crippen molar-refractivity contribution >= 4 is 0 Å². The molecule has 0 aliphatic heterocycles. The molecule has 0 N–H and O–H groups in total. The van der Waals surface area contributed by atoms with Crippen LogP contribution in [0.3, 0.4) is 0 Å². The molecule has 0 aliphatic rings. The summed E-state index contributed by atoms with van der Waals surface area (Å²) in [5.41, 5.74) is 2.61. The first-order chi connectivity index (χ1) is 4.70. The summed E-state index contributed by atoms with van der Waals surface area (Å²) in [5, 5.41) is 0. The fraction of sp³-hybridized carbons (Fsp3) is 0.556. The van der Waals surface area contributed by atoms with Crippen molar-refractivity contribution in [1.29, 1.82) is 0 Å². The van der Waals surface area contributed by atoms with Crippen LogP contribution in [0.4, 0.5) is 0 Å². The molecule has 1 heterocycles. The van der Waals surface area contributed by atoms with Crippen molar-refractivity contribution in [2.24, 2.45) is 5.92 Å². The quantitative estimate of drug-likeness (QED) is 0.612. The van der Waals surface area contributed by atoms with E-state index in [1.165, 1.54) is 11.1 Å². The average Bonchev–Trinajstić information content (AvgIpc) is 2.15. The standard InChI is InChI=1S/C9H14O/c1-7(2)4-9-6-10-5-8(9)3/h5-7H,4H2,1-3H3. The highest BCUT2D eigenvalue weighted by molar-refractivity contribution is 5.18. The summed E-state index contributed by atoms with van der Waals surface area (Å²) >= 11 is 0. The van der Waals surface area contributed by atoms with Crippen LogP contribution in [0.2, 0.25) is 0 Å². The van der Waals surface area contributed by atoms with Crippen LogP contribution >= 0.6 is 0 Å². The summed E-state index contributed by atoms with van der Waals surface area (Å²) < 4.78 is 5.05. The van der Waals surface area contributed by atoms with Gasteiger partial charge in [0.05, 0.1) is 12.5 Å². The maximum Gasteiger partial charge on any atom is 0.0937 e. The van der Waals surface area contributed by atoms with E-state index in [1.54, 1.807) is 6.26 Å². The molecule has 0 unspecified atom stereocenters. The minimum atomic E-state index is 0.719. The third-order valence-corrected chi connectivity index (χ3v) is 1.59. The summed E-state index contributed by atoms with van der Waals surface area (Å²) in [5.74, 6) is 0.719. The lowest BCUT2D eigenvalue weighted by atomic mass is 10.0. The van der Waals surface area contributed by atoms with E-state index in [4.69, 9.17) is 4.42 Å². The molecular formula is C9H14O. The fourth-order valence-electron chi connectivity index (χ4n) is 1.04. The van der Waals surface area contributed by atoms with Gasteiger partial charge in [-0.3, -0.25) is 0 Å². The lowest BCUT2D eigenvalue weighted by Gasteiger charge is -2.00. The number of hydrogen-bond donors (Lipinski definition) is 0. The van der Waals surface area contributed by atoms with Crippen LogP contribution in [0.25, 0.3) is 0 Å². The van der Waals surface area contributed by atoms with E-state index in [1.807, 2.05) is 6.26 Å². The maximum atomic E-state index is 5.05. The Morgan fingerprint density at radius 1 is 1.40 bits per heavy atom. The van der Waals surface area contributed by atoms with E-state index in [0.717, 1.165) is 12.3 Å². The Balaban J connectivity index is 2.65. The van der Waals surface area contributed by atoms with E-state index in [-0.39, 0.29) is 0 Å². The zero-order valence-electron chi connectivity index (χ0n) is 6.85. The summed E-state index contributed by atoms with van der Waals surface area (Å²) in [6.07, 6.45) is 4.77. The molecule has 10 heavy (non-hydrogen) atoms. The molecule has 0 amide bonds. The predicted octanol–water partition coefficient (Wildman–Crippen LogP) is 2.79. The molecule has 1 nitrogen and oxygen atoms in total. The Morgan fingerprint density at radius 3 is 2.50 bits per heavy atom. The molecule has 1 aromatic heterocycles. The van der Waals surface area contributed by atoms with Crippen LogP contribution in [0.1, 0.15) is 25.0 Å². The number of aryl methyl sites for hydroxylation is 1. The lowest BCUT2D eigenvalue weighted by molar-refractivity contribution is 0.556. The molecule has 0 saturated heterocycles. The zero-order chi connectivity index (χ0) is 7.56. The molecule has 0 aromatic carbocycles. The minimum Gasteiger partial charge on any atom is -0.472 e. The van der Waals surface area contributed by atoms with Crippen molar-refractivity contribution in [3.05, 3.63) is 23.7 Å². The van der Waals surface area contributed by atoms with Crippen molar-refractivity contribution in [2.75, 3.05) is 0 Å². The number of hydrogen-bond acceptors (Lipinski definition) is 1. The summed E-state index contributed by atoms with van der Waals surface area (Å²) in [7, 11) is 0. The monoisotopic (exact) mass is 138 g/mol. The molecule has 0 radical (unpaired) electrons. The van der Waals surface area contributed by atoms with Crippen molar-refractivity contribution in [1.82, 2.24) is 0 Å². The predicted molar refractivity (Wildman–Crippen MR) is 42.0 cm³/mol. The van der Waals surface area contributed by atoms with E-state index in [9.17, 15) is 0 Å². The second kappa shape index (κ2) is 2.91. The Bertz CT molecular complexity index is 198. The molecule has 0 saturated carbocycles. The molecule has 0 bridgehead atoms. The first-order valence-corrected chi connectivity index (χ1v) is 3.72. The molecule has 0 aliphatic carbocycles. The van der Waals surface area contributed by atoms with Crippen molar-refractivity contribution in [2.45, 2.75) is 27.2 Å². The molecule has 1 rings (SSSR count). The van der Waals surface area contributed by atoms with Crippen LogP contribution in [0.15, 0.2) is 16.9 Å². The highest BCUT2D eigenvalue weighted by Crippen LogP contribution is 2.13. The summed E-state index contributed by atoms with van der Waals surface area (Å²) in [4.78, 5) is 0. The SMILES string of the molecule is Cc1cocc1CC(C)C. The first kappa shape index (κ1) is 7.39. The van der Waals surface area contributed by atoms with Gasteiger partial charge in [-0.1, -0.05) is 13.8 Å². The fourth-order valence-corrected chi connectivity index (χ4v) is 1.04. The first-order valence-electron chi connectivity index (χ1n) is 3.72. The second-order valence-electron chi connectivity index (χ2n) is 3.18. The third kappa shape index (κ3) is 1.63. The normalized spacial score (nSPS) is 10.8. The molecule has 1 heteroatoms. The van der Waals surface area contributed by atoms with Gasteiger partial charge in [0.15, 0.2) is 0 Å². The highest BCUT2D eigenvalue weighted by Gasteiger charge is 2.02.